The van der Waals surface area contributed by atoms with Crippen LogP contribution in [-0.4, -0.2) is 40.7 Å². The Morgan fingerprint density at radius 2 is 2.14 bits per heavy atom. The van der Waals surface area contributed by atoms with Crippen molar-refractivity contribution in [2.45, 2.75) is 19.4 Å². The number of nitrogens with zero attached hydrogens (tertiary/aromatic N) is 3. The Morgan fingerprint density at radius 3 is 2.86 bits per heavy atom. The van der Waals surface area contributed by atoms with Gasteiger partial charge in [-0.25, -0.2) is 4.68 Å². The Hall–Kier alpha value is -2.14. The molecule has 2 aromatic rings. The Balaban J connectivity index is 1.51. The van der Waals surface area contributed by atoms with E-state index in [1.807, 2.05) is 54.5 Å². The lowest BCUT2D eigenvalue weighted by atomic mass is 10.3. The number of para-hydroxylation sites is 1. The van der Waals surface area contributed by atoms with Crippen molar-refractivity contribution in [3.63, 3.8) is 0 Å². The van der Waals surface area contributed by atoms with E-state index in [-0.39, 0.29) is 5.91 Å². The first-order valence-electron chi connectivity index (χ1n) is 7.76. The molecule has 0 bridgehead atoms. The molecule has 116 valence electrons. The molecule has 1 saturated carbocycles. The molecule has 1 aromatic carbocycles. The van der Waals surface area contributed by atoms with Crippen LogP contribution in [0.5, 0.6) is 0 Å². The predicted molar refractivity (Wildman–Crippen MR) is 85.6 cm³/mol. The number of aromatic nitrogens is 2. The number of benzene rings is 1. The average molecular weight is 298 g/mol. The van der Waals surface area contributed by atoms with Crippen LogP contribution < -0.4 is 5.32 Å². The molecule has 5 heteroatoms. The highest BCUT2D eigenvalue weighted by molar-refractivity contribution is 5.77. The molecular formula is C17H22N4O. The summed E-state index contributed by atoms with van der Waals surface area (Å²) in [6.45, 7) is 1.96. The van der Waals surface area contributed by atoms with Gasteiger partial charge in [-0.15, -0.1) is 0 Å². The van der Waals surface area contributed by atoms with Crippen molar-refractivity contribution in [1.82, 2.24) is 20.0 Å². The van der Waals surface area contributed by atoms with Gasteiger partial charge in [0.05, 0.1) is 18.4 Å². The monoisotopic (exact) mass is 298 g/mol. The van der Waals surface area contributed by atoms with Crippen LogP contribution in [0.3, 0.4) is 0 Å². The van der Waals surface area contributed by atoms with Gasteiger partial charge in [-0.2, -0.15) is 5.10 Å². The lowest BCUT2D eigenvalue weighted by Gasteiger charge is -2.16. The van der Waals surface area contributed by atoms with E-state index >= 15 is 0 Å². The van der Waals surface area contributed by atoms with E-state index in [9.17, 15) is 4.79 Å². The summed E-state index contributed by atoms with van der Waals surface area (Å²) in [5.41, 5.74) is 2.05. The summed E-state index contributed by atoms with van der Waals surface area (Å²) in [4.78, 5) is 13.8. The van der Waals surface area contributed by atoms with E-state index in [0.717, 1.165) is 23.7 Å². The van der Waals surface area contributed by atoms with Crippen LogP contribution in [0.4, 0.5) is 0 Å². The zero-order chi connectivity index (χ0) is 15.4. The summed E-state index contributed by atoms with van der Waals surface area (Å²) < 4.78 is 1.83. The summed E-state index contributed by atoms with van der Waals surface area (Å²) in [6, 6.07) is 9.96. The number of rotatable bonds is 7. The highest BCUT2D eigenvalue weighted by atomic mass is 16.2. The fourth-order valence-electron chi connectivity index (χ4n) is 2.37. The third-order valence-corrected chi connectivity index (χ3v) is 3.91. The first kappa shape index (κ1) is 14.8. The van der Waals surface area contributed by atoms with Gasteiger partial charge in [-0.3, -0.25) is 4.79 Å². The van der Waals surface area contributed by atoms with E-state index in [2.05, 4.69) is 10.4 Å². The second-order valence-corrected chi connectivity index (χ2v) is 5.95. The molecular weight excluding hydrogens is 276 g/mol. The maximum Gasteiger partial charge on any atom is 0.236 e. The minimum absolute atomic E-state index is 0.119. The molecule has 0 unspecified atom stereocenters. The quantitative estimate of drug-likeness (QED) is 0.848. The second-order valence-electron chi connectivity index (χ2n) is 5.95. The molecule has 0 atom stereocenters. The van der Waals surface area contributed by atoms with Crippen LogP contribution in [0.25, 0.3) is 5.69 Å². The topological polar surface area (TPSA) is 50.2 Å². The standard InChI is InChI=1S/C17H22N4O/c1-20(17(22)11-18-9-14-7-8-14)12-15-10-19-21(13-15)16-5-3-2-4-6-16/h2-6,10,13-14,18H,7-9,11-12H2,1H3. The van der Waals surface area contributed by atoms with Gasteiger partial charge in [0.2, 0.25) is 5.91 Å². The molecule has 0 saturated heterocycles. The lowest BCUT2D eigenvalue weighted by Crippen LogP contribution is -2.35. The number of carbonyl (C=O) groups is 1. The third-order valence-electron chi connectivity index (χ3n) is 3.91. The molecule has 1 aromatic heterocycles. The SMILES string of the molecule is CN(Cc1cnn(-c2ccccc2)c1)C(=O)CNCC1CC1. The van der Waals surface area contributed by atoms with Gasteiger partial charge in [0.15, 0.2) is 0 Å². The second kappa shape index (κ2) is 6.75. The average Bonchev–Trinajstić information content (AvgIpc) is 3.25. The molecule has 5 nitrogen and oxygen atoms in total. The molecule has 0 aliphatic heterocycles. The van der Waals surface area contributed by atoms with Crippen LogP contribution in [0.15, 0.2) is 42.7 Å². The van der Waals surface area contributed by atoms with Gasteiger partial charge in [0.1, 0.15) is 0 Å². The van der Waals surface area contributed by atoms with E-state index in [0.29, 0.717) is 13.1 Å². The van der Waals surface area contributed by atoms with Crippen molar-refractivity contribution in [2.24, 2.45) is 5.92 Å². The normalized spacial score (nSPS) is 14.0. The van der Waals surface area contributed by atoms with Gasteiger partial charge in [-0.05, 0) is 37.4 Å². The number of hydrogen-bond acceptors (Lipinski definition) is 3. The van der Waals surface area contributed by atoms with Crippen LogP contribution >= 0.6 is 0 Å². The summed E-state index contributed by atoms with van der Waals surface area (Å²) in [5, 5.41) is 7.59. The van der Waals surface area contributed by atoms with Gasteiger partial charge in [-0.1, -0.05) is 18.2 Å². The smallest absolute Gasteiger partial charge is 0.236 e. The highest BCUT2D eigenvalue weighted by Crippen LogP contribution is 2.27. The third kappa shape index (κ3) is 3.95. The van der Waals surface area contributed by atoms with Crippen molar-refractivity contribution in [3.8, 4) is 5.69 Å². The fourth-order valence-corrected chi connectivity index (χ4v) is 2.37. The first-order valence-corrected chi connectivity index (χ1v) is 7.76. The lowest BCUT2D eigenvalue weighted by molar-refractivity contribution is -0.129. The molecule has 0 spiro atoms. The van der Waals surface area contributed by atoms with Gasteiger partial charge in [0, 0.05) is 25.4 Å². The number of amides is 1. The first-order chi connectivity index (χ1) is 10.7. The maximum absolute atomic E-state index is 12.1. The van der Waals surface area contributed by atoms with Crippen molar-refractivity contribution in [2.75, 3.05) is 20.1 Å². The molecule has 1 fully saturated rings. The summed E-state index contributed by atoms with van der Waals surface area (Å²) in [5.74, 6) is 0.912. The Kier molecular flexibility index (Phi) is 4.53. The Bertz CT molecular complexity index is 619. The molecule has 1 N–H and O–H groups in total. The largest absolute Gasteiger partial charge is 0.340 e. The van der Waals surface area contributed by atoms with Crippen LogP contribution in [0, 0.1) is 5.92 Å². The zero-order valence-corrected chi connectivity index (χ0v) is 12.9. The van der Waals surface area contributed by atoms with E-state index in [1.165, 1.54) is 12.8 Å². The molecule has 0 radical (unpaired) electrons. The van der Waals surface area contributed by atoms with Crippen molar-refractivity contribution < 1.29 is 4.79 Å². The Labute approximate surface area is 130 Å². The molecule has 22 heavy (non-hydrogen) atoms. The number of likely N-dealkylation sites (N-methyl/N-ethyl adjacent to an activating group) is 1. The molecule has 1 aliphatic carbocycles. The Morgan fingerprint density at radius 1 is 1.36 bits per heavy atom. The molecule has 1 heterocycles. The van der Waals surface area contributed by atoms with Crippen molar-refractivity contribution in [3.05, 3.63) is 48.3 Å². The fraction of sp³-hybridized carbons (Fsp3) is 0.412. The number of nitrogens with one attached hydrogen (secondary N) is 1. The van der Waals surface area contributed by atoms with E-state index < -0.39 is 0 Å². The summed E-state index contributed by atoms with van der Waals surface area (Å²) in [7, 11) is 1.83. The van der Waals surface area contributed by atoms with E-state index in [1.54, 1.807) is 4.90 Å². The number of hydrogen-bond donors (Lipinski definition) is 1. The minimum Gasteiger partial charge on any atom is -0.340 e. The maximum atomic E-state index is 12.1. The summed E-state index contributed by atoms with van der Waals surface area (Å²) in [6.07, 6.45) is 6.39. The summed E-state index contributed by atoms with van der Waals surface area (Å²) >= 11 is 0. The minimum atomic E-state index is 0.119. The van der Waals surface area contributed by atoms with Gasteiger partial charge >= 0.3 is 0 Å². The van der Waals surface area contributed by atoms with E-state index in [4.69, 9.17) is 0 Å². The van der Waals surface area contributed by atoms with Gasteiger partial charge < -0.3 is 10.2 Å². The van der Waals surface area contributed by atoms with Crippen LogP contribution in [-0.2, 0) is 11.3 Å². The molecule has 1 amide bonds. The highest BCUT2D eigenvalue weighted by Gasteiger charge is 2.21. The van der Waals surface area contributed by atoms with Crippen molar-refractivity contribution >= 4 is 5.91 Å². The van der Waals surface area contributed by atoms with Crippen LogP contribution in [0.2, 0.25) is 0 Å². The van der Waals surface area contributed by atoms with Crippen molar-refractivity contribution in [1.29, 1.82) is 0 Å². The van der Waals surface area contributed by atoms with Gasteiger partial charge in [0.25, 0.3) is 0 Å². The predicted octanol–water partition coefficient (Wildman–Crippen LogP) is 1.83. The molecule has 1 aliphatic rings. The number of carbonyl (C=O) groups excluding carboxylic acids is 1. The van der Waals surface area contributed by atoms with Crippen LogP contribution in [0.1, 0.15) is 18.4 Å². The molecule has 3 rings (SSSR count). The zero-order valence-electron chi connectivity index (χ0n) is 12.9.